The number of carbonyl (C=O) groups excluding carboxylic acids is 2. The van der Waals surface area contributed by atoms with Gasteiger partial charge in [-0.3, -0.25) is 14.5 Å². The topological polar surface area (TPSA) is 101 Å². The van der Waals surface area contributed by atoms with Gasteiger partial charge in [-0.1, -0.05) is 55.5 Å². The fourth-order valence-corrected chi connectivity index (χ4v) is 5.87. The first-order valence-electron chi connectivity index (χ1n) is 16.3. The van der Waals surface area contributed by atoms with E-state index in [0.29, 0.717) is 42.4 Å². The summed E-state index contributed by atoms with van der Waals surface area (Å²) in [6, 6.07) is 28.2. The first kappa shape index (κ1) is 34.5. The summed E-state index contributed by atoms with van der Waals surface area (Å²) in [6.07, 6.45) is -0.199. The average molecular weight is 652 g/mol. The Hall–Kier alpha value is -4.86. The van der Waals surface area contributed by atoms with Crippen LogP contribution in [0.15, 0.2) is 91.0 Å². The van der Waals surface area contributed by atoms with Crippen molar-refractivity contribution >= 4 is 17.5 Å². The van der Waals surface area contributed by atoms with Gasteiger partial charge in [0.1, 0.15) is 23.4 Å². The molecule has 0 spiro atoms. The van der Waals surface area contributed by atoms with Crippen molar-refractivity contribution in [2.45, 2.75) is 45.9 Å². The van der Waals surface area contributed by atoms with Crippen LogP contribution in [0.5, 0.6) is 23.0 Å². The number of ether oxygens (including phenoxy) is 3. The Bertz CT molecular complexity index is 1710. The number of benzene rings is 4. The number of anilines is 1. The van der Waals surface area contributed by atoms with E-state index in [1.807, 2.05) is 81.6 Å². The number of aliphatic hydroxyl groups excluding tert-OH is 1. The number of methoxy groups -OCH3 is 1. The molecule has 0 fully saturated rings. The minimum atomic E-state index is -0.393. The average Bonchev–Trinajstić information content (AvgIpc) is 3.08. The Morgan fingerprint density at radius 1 is 1.02 bits per heavy atom. The molecular weight excluding hydrogens is 606 g/mol. The van der Waals surface area contributed by atoms with E-state index >= 15 is 0 Å². The van der Waals surface area contributed by atoms with Crippen molar-refractivity contribution in [2.24, 2.45) is 5.92 Å². The molecule has 4 aromatic carbocycles. The zero-order chi connectivity index (χ0) is 34.2. The van der Waals surface area contributed by atoms with Gasteiger partial charge in [0.05, 0.1) is 37.4 Å². The lowest BCUT2D eigenvalue weighted by molar-refractivity contribution is -0.115. The second-order valence-corrected chi connectivity index (χ2v) is 12.6. The molecule has 0 aliphatic carbocycles. The maximum atomic E-state index is 13.9. The molecule has 4 aromatic rings. The molecule has 3 atom stereocenters. The lowest BCUT2D eigenvalue weighted by Crippen LogP contribution is -2.49. The van der Waals surface area contributed by atoms with Crippen molar-refractivity contribution in [3.05, 3.63) is 113 Å². The maximum absolute atomic E-state index is 13.9. The third-order valence-corrected chi connectivity index (χ3v) is 8.65. The van der Waals surface area contributed by atoms with Crippen LogP contribution >= 0.6 is 0 Å². The van der Waals surface area contributed by atoms with E-state index in [4.69, 9.17) is 14.2 Å². The van der Waals surface area contributed by atoms with E-state index in [1.54, 1.807) is 30.2 Å². The molecule has 0 radical (unpaired) electrons. The molecule has 9 heteroatoms. The van der Waals surface area contributed by atoms with Gasteiger partial charge in [-0.2, -0.15) is 0 Å². The highest BCUT2D eigenvalue weighted by molar-refractivity contribution is 6.02. The maximum Gasteiger partial charge on any atom is 0.258 e. The fraction of sp³-hybridized carbons (Fsp3) is 0.333. The quantitative estimate of drug-likeness (QED) is 0.185. The molecular formula is C39H45N3O6. The number of aliphatic hydroxyl groups is 1. The Morgan fingerprint density at radius 3 is 2.50 bits per heavy atom. The predicted molar refractivity (Wildman–Crippen MR) is 187 cm³/mol. The van der Waals surface area contributed by atoms with Gasteiger partial charge in [0.15, 0.2) is 5.75 Å². The van der Waals surface area contributed by atoms with Crippen LogP contribution in [-0.2, 0) is 17.8 Å². The van der Waals surface area contributed by atoms with Crippen molar-refractivity contribution in [1.29, 1.82) is 0 Å². The molecule has 0 bridgehead atoms. The fourth-order valence-electron chi connectivity index (χ4n) is 5.87. The summed E-state index contributed by atoms with van der Waals surface area (Å²) in [5, 5.41) is 13.0. The summed E-state index contributed by atoms with van der Waals surface area (Å²) in [6.45, 7) is 7.38. The van der Waals surface area contributed by atoms with Crippen LogP contribution in [0, 0.1) is 12.8 Å². The highest BCUT2D eigenvalue weighted by Gasteiger charge is 2.34. The Balaban J connectivity index is 1.34. The Labute approximate surface area is 283 Å². The molecule has 0 unspecified atom stereocenters. The second-order valence-electron chi connectivity index (χ2n) is 12.6. The van der Waals surface area contributed by atoms with Crippen LogP contribution in [-0.4, -0.2) is 72.7 Å². The van der Waals surface area contributed by atoms with Crippen LogP contribution in [0.25, 0.3) is 0 Å². The molecule has 0 saturated carbocycles. The molecule has 0 aromatic heterocycles. The molecule has 0 saturated heterocycles. The summed E-state index contributed by atoms with van der Waals surface area (Å²) in [7, 11) is 3.62. The van der Waals surface area contributed by atoms with Crippen LogP contribution in [0.3, 0.4) is 0 Å². The molecule has 2 amide bonds. The first-order chi connectivity index (χ1) is 23.1. The van der Waals surface area contributed by atoms with Crippen LogP contribution < -0.4 is 19.5 Å². The number of amides is 2. The number of nitrogens with zero attached hydrogens (tertiary/aromatic N) is 2. The SMILES string of the molecule is COc1cccc(CC(=O)Nc2cccc3c2O[C@H](CN(C)Cc2ccc(Oc4ccccc4C)cc2)[C@H](C)CN([C@@H](C)CO)C3=O)c1. The smallest absolute Gasteiger partial charge is 0.258 e. The van der Waals surface area contributed by atoms with Crippen LogP contribution in [0.1, 0.15) is 40.9 Å². The van der Waals surface area contributed by atoms with E-state index < -0.39 is 6.04 Å². The van der Waals surface area contributed by atoms with Crippen molar-refractivity contribution in [3.63, 3.8) is 0 Å². The summed E-state index contributed by atoms with van der Waals surface area (Å²) in [4.78, 5) is 31.0. The zero-order valence-corrected chi connectivity index (χ0v) is 28.3. The molecule has 1 aliphatic heterocycles. The zero-order valence-electron chi connectivity index (χ0n) is 28.3. The van der Waals surface area contributed by atoms with Gasteiger partial charge in [0, 0.05) is 25.6 Å². The molecule has 9 nitrogen and oxygen atoms in total. The normalized spacial score (nSPS) is 16.7. The lowest BCUT2D eigenvalue weighted by atomic mass is 9.98. The summed E-state index contributed by atoms with van der Waals surface area (Å²) >= 11 is 0. The molecule has 1 heterocycles. The second kappa shape index (κ2) is 15.8. The number of carbonyl (C=O) groups is 2. The summed E-state index contributed by atoms with van der Waals surface area (Å²) < 4.78 is 18.1. The number of nitrogens with one attached hydrogen (secondary N) is 1. The Kier molecular flexibility index (Phi) is 11.4. The van der Waals surface area contributed by atoms with Crippen molar-refractivity contribution in [1.82, 2.24) is 9.80 Å². The lowest BCUT2D eigenvalue weighted by Gasteiger charge is -2.38. The molecule has 48 heavy (non-hydrogen) atoms. The summed E-state index contributed by atoms with van der Waals surface area (Å²) in [5.74, 6) is 2.03. The third-order valence-electron chi connectivity index (χ3n) is 8.65. The van der Waals surface area contributed by atoms with Gasteiger partial charge in [-0.05, 0) is 80.1 Å². The third kappa shape index (κ3) is 8.53. The van der Waals surface area contributed by atoms with Gasteiger partial charge in [0.25, 0.3) is 5.91 Å². The van der Waals surface area contributed by atoms with Gasteiger partial charge in [-0.25, -0.2) is 0 Å². The number of likely N-dealkylation sites (N-methyl/N-ethyl adjacent to an activating group) is 1. The van der Waals surface area contributed by atoms with E-state index in [0.717, 1.165) is 28.2 Å². The minimum absolute atomic E-state index is 0.0796. The molecule has 1 aliphatic rings. The standard InChI is InChI=1S/C39H45N3O6/c1-26-10-6-7-15-35(26)47-31-18-16-29(17-19-31)23-41(4)24-36-27(2)22-42(28(3)25-43)39(45)33-13-9-14-34(38(33)48-36)40-37(44)21-30-11-8-12-32(20-30)46-5/h6-20,27-28,36,43H,21-25H2,1-5H3,(H,40,44)/t27-,28+,36-/m1/s1. The van der Waals surface area contributed by atoms with Crippen molar-refractivity contribution < 1.29 is 28.9 Å². The van der Waals surface area contributed by atoms with E-state index in [2.05, 4.69) is 29.3 Å². The van der Waals surface area contributed by atoms with Gasteiger partial charge in [-0.15, -0.1) is 0 Å². The van der Waals surface area contributed by atoms with Gasteiger partial charge >= 0.3 is 0 Å². The number of hydrogen-bond acceptors (Lipinski definition) is 7. The number of para-hydroxylation sites is 2. The highest BCUT2D eigenvalue weighted by atomic mass is 16.5. The number of fused-ring (bicyclic) bond motifs is 1. The first-order valence-corrected chi connectivity index (χ1v) is 16.3. The highest BCUT2D eigenvalue weighted by Crippen LogP contribution is 2.35. The van der Waals surface area contributed by atoms with Crippen LogP contribution in [0.2, 0.25) is 0 Å². The largest absolute Gasteiger partial charge is 0.497 e. The van der Waals surface area contributed by atoms with E-state index in [-0.39, 0.29) is 36.9 Å². The number of hydrogen-bond donors (Lipinski definition) is 2. The monoisotopic (exact) mass is 651 g/mol. The van der Waals surface area contributed by atoms with Crippen LogP contribution in [0.4, 0.5) is 5.69 Å². The molecule has 2 N–H and O–H groups in total. The van der Waals surface area contributed by atoms with E-state index in [1.165, 1.54) is 0 Å². The number of rotatable bonds is 12. The predicted octanol–water partition coefficient (Wildman–Crippen LogP) is 6.33. The Morgan fingerprint density at radius 2 is 1.77 bits per heavy atom. The van der Waals surface area contributed by atoms with Gasteiger partial charge < -0.3 is 29.5 Å². The van der Waals surface area contributed by atoms with E-state index in [9.17, 15) is 14.7 Å². The minimum Gasteiger partial charge on any atom is -0.497 e. The van der Waals surface area contributed by atoms with Gasteiger partial charge in [0.2, 0.25) is 5.91 Å². The number of aryl methyl sites for hydroxylation is 1. The molecule has 252 valence electrons. The summed E-state index contributed by atoms with van der Waals surface area (Å²) in [5.41, 5.74) is 3.76. The molecule has 5 rings (SSSR count). The van der Waals surface area contributed by atoms with Crippen molar-refractivity contribution in [3.8, 4) is 23.0 Å². The van der Waals surface area contributed by atoms with Crippen molar-refractivity contribution in [2.75, 3.05) is 39.2 Å².